The van der Waals surface area contributed by atoms with Gasteiger partial charge in [0.05, 0.1) is 12.1 Å². The van der Waals surface area contributed by atoms with Gasteiger partial charge in [-0.15, -0.1) is 5.46 Å². The van der Waals surface area contributed by atoms with Gasteiger partial charge in [-0.1, -0.05) is 23.2 Å². The van der Waals surface area contributed by atoms with Crippen LogP contribution in [0.4, 0.5) is 12.9 Å². The van der Waals surface area contributed by atoms with Crippen LogP contribution < -0.4 is 61.6 Å². The van der Waals surface area contributed by atoms with E-state index in [2.05, 4.69) is 0 Å². The van der Waals surface area contributed by atoms with E-state index in [0.29, 0.717) is 0 Å². The molecule has 1 aromatic rings. The minimum absolute atomic E-state index is 0. The SMILES string of the molecule is COc1cc(C)c([B-](F)(F)F)cc1Cl.[K+]. The maximum atomic E-state index is 12.4. The van der Waals surface area contributed by atoms with Crippen molar-refractivity contribution < 1.29 is 69.1 Å². The number of rotatable bonds is 2. The molecular formula is C8H8BClF3KO. The first-order valence-electron chi connectivity index (χ1n) is 3.90. The number of methoxy groups -OCH3 is 1. The molecule has 0 aliphatic carbocycles. The molecule has 1 rings (SSSR count). The summed E-state index contributed by atoms with van der Waals surface area (Å²) in [5, 5.41) is -0.0210. The maximum absolute atomic E-state index is 12.4. The van der Waals surface area contributed by atoms with E-state index in [9.17, 15) is 12.9 Å². The Morgan fingerprint density at radius 3 is 2.20 bits per heavy atom. The number of hydrogen-bond donors (Lipinski definition) is 0. The monoisotopic (exact) mass is 262 g/mol. The van der Waals surface area contributed by atoms with Crippen molar-refractivity contribution >= 4 is 24.0 Å². The van der Waals surface area contributed by atoms with Crippen LogP contribution in [0.2, 0.25) is 5.02 Å². The second-order valence-electron chi connectivity index (χ2n) is 2.92. The molecule has 0 spiro atoms. The molecule has 0 atom stereocenters. The van der Waals surface area contributed by atoms with E-state index >= 15 is 0 Å². The second-order valence-corrected chi connectivity index (χ2v) is 3.33. The molecule has 0 amide bonds. The van der Waals surface area contributed by atoms with Crippen LogP contribution in [0, 0.1) is 6.92 Å². The minimum atomic E-state index is -5.01. The van der Waals surface area contributed by atoms with Gasteiger partial charge in [0.2, 0.25) is 0 Å². The summed E-state index contributed by atoms with van der Waals surface area (Å²) >= 11 is 5.59. The molecule has 78 valence electrons. The average Bonchev–Trinajstić information content (AvgIpc) is 2.06. The van der Waals surface area contributed by atoms with E-state index in [-0.39, 0.29) is 67.7 Å². The molecule has 0 saturated heterocycles. The fourth-order valence-electron chi connectivity index (χ4n) is 1.18. The summed E-state index contributed by atoms with van der Waals surface area (Å²) in [6.45, 7) is -3.63. The fraction of sp³-hybridized carbons (Fsp3) is 0.250. The molecule has 1 aromatic carbocycles. The van der Waals surface area contributed by atoms with Crippen LogP contribution in [0.5, 0.6) is 5.75 Å². The molecule has 7 heteroatoms. The summed E-state index contributed by atoms with van der Waals surface area (Å²) in [4.78, 5) is 0. The smallest absolute Gasteiger partial charge is 0.495 e. The fourth-order valence-corrected chi connectivity index (χ4v) is 1.43. The molecule has 0 bridgehead atoms. The van der Waals surface area contributed by atoms with Gasteiger partial charge in [-0.25, -0.2) is 0 Å². The summed E-state index contributed by atoms with van der Waals surface area (Å²) in [7, 11) is 1.36. The van der Waals surface area contributed by atoms with Crippen LogP contribution >= 0.6 is 11.6 Å². The molecule has 0 N–H and O–H groups in total. The van der Waals surface area contributed by atoms with E-state index in [1.54, 1.807) is 0 Å². The summed E-state index contributed by atoms with van der Waals surface area (Å²) in [6, 6.07) is 2.18. The summed E-state index contributed by atoms with van der Waals surface area (Å²) < 4.78 is 42.1. The third kappa shape index (κ3) is 3.94. The van der Waals surface area contributed by atoms with Gasteiger partial charge in [0.15, 0.2) is 0 Å². The Hall–Kier alpha value is 0.801. The van der Waals surface area contributed by atoms with Crippen LogP contribution in [0.3, 0.4) is 0 Å². The Bertz CT molecular complexity index is 356. The van der Waals surface area contributed by atoms with Gasteiger partial charge in [0.25, 0.3) is 0 Å². The molecule has 0 saturated carbocycles. The van der Waals surface area contributed by atoms with E-state index in [0.717, 1.165) is 6.07 Å². The molecule has 0 unspecified atom stereocenters. The Morgan fingerprint density at radius 2 is 1.80 bits per heavy atom. The molecular weight excluding hydrogens is 254 g/mol. The first-order chi connectivity index (χ1) is 6.36. The van der Waals surface area contributed by atoms with Crippen LogP contribution in [0.15, 0.2) is 12.1 Å². The van der Waals surface area contributed by atoms with Crippen LogP contribution in [-0.4, -0.2) is 14.1 Å². The zero-order chi connectivity index (χ0) is 10.9. The van der Waals surface area contributed by atoms with Crippen LogP contribution in [-0.2, 0) is 0 Å². The minimum Gasteiger partial charge on any atom is -0.495 e. The van der Waals surface area contributed by atoms with Gasteiger partial charge in [0.1, 0.15) is 5.75 Å². The predicted octanol–water partition coefficient (Wildman–Crippen LogP) is -0.285. The maximum Gasteiger partial charge on any atom is 1.00 e. The van der Waals surface area contributed by atoms with Crippen molar-refractivity contribution in [1.82, 2.24) is 0 Å². The van der Waals surface area contributed by atoms with Gasteiger partial charge in [-0.3, -0.25) is 0 Å². The van der Waals surface area contributed by atoms with Crippen LogP contribution in [0.1, 0.15) is 5.56 Å². The van der Waals surface area contributed by atoms with Crippen molar-refractivity contribution in [1.29, 1.82) is 0 Å². The predicted molar refractivity (Wildman–Crippen MR) is 51.5 cm³/mol. The number of benzene rings is 1. The summed E-state index contributed by atoms with van der Waals surface area (Å²) in [5.74, 6) is 0.257. The summed E-state index contributed by atoms with van der Waals surface area (Å²) in [5.41, 5.74) is -0.547. The Labute approximate surface area is 134 Å². The van der Waals surface area contributed by atoms with Gasteiger partial charge in [-0.05, 0) is 13.0 Å². The van der Waals surface area contributed by atoms with Gasteiger partial charge in [0, 0.05) is 0 Å². The summed E-state index contributed by atoms with van der Waals surface area (Å²) in [6.07, 6.45) is 0. The first-order valence-corrected chi connectivity index (χ1v) is 4.28. The zero-order valence-electron chi connectivity index (χ0n) is 8.65. The van der Waals surface area contributed by atoms with Gasteiger partial charge < -0.3 is 17.7 Å². The zero-order valence-corrected chi connectivity index (χ0v) is 12.5. The van der Waals surface area contributed by atoms with E-state index in [4.69, 9.17) is 16.3 Å². The molecule has 0 heterocycles. The quantitative estimate of drug-likeness (QED) is 0.666. The Kier molecular flexibility index (Phi) is 6.25. The Morgan fingerprint density at radius 1 is 1.27 bits per heavy atom. The molecule has 0 fully saturated rings. The number of ether oxygens (including phenoxy) is 1. The van der Waals surface area contributed by atoms with Gasteiger partial charge >= 0.3 is 58.4 Å². The molecule has 0 aliphatic rings. The molecule has 0 aliphatic heterocycles. The van der Waals surface area contributed by atoms with Crippen molar-refractivity contribution in [3.05, 3.63) is 22.7 Å². The Balaban J connectivity index is 0.00000196. The molecule has 1 nitrogen and oxygen atoms in total. The normalized spacial score (nSPS) is 10.8. The van der Waals surface area contributed by atoms with Gasteiger partial charge in [-0.2, -0.15) is 0 Å². The number of aryl methyl sites for hydroxylation is 1. The largest absolute Gasteiger partial charge is 1.00 e. The van der Waals surface area contributed by atoms with Crippen molar-refractivity contribution in [2.24, 2.45) is 0 Å². The third-order valence-corrected chi connectivity index (χ3v) is 2.19. The molecule has 0 radical (unpaired) electrons. The van der Waals surface area contributed by atoms with Crippen molar-refractivity contribution in [3.8, 4) is 5.75 Å². The average molecular weight is 263 g/mol. The van der Waals surface area contributed by atoms with Crippen molar-refractivity contribution in [2.45, 2.75) is 6.92 Å². The number of halogens is 4. The number of hydrogen-bond acceptors (Lipinski definition) is 1. The van der Waals surface area contributed by atoms with Crippen molar-refractivity contribution in [2.75, 3.05) is 7.11 Å². The van der Waals surface area contributed by atoms with Crippen LogP contribution in [0.25, 0.3) is 0 Å². The third-order valence-electron chi connectivity index (χ3n) is 1.89. The van der Waals surface area contributed by atoms with E-state index in [1.807, 2.05) is 0 Å². The topological polar surface area (TPSA) is 9.23 Å². The van der Waals surface area contributed by atoms with E-state index in [1.165, 1.54) is 20.1 Å². The van der Waals surface area contributed by atoms with Crippen molar-refractivity contribution in [3.63, 3.8) is 0 Å². The standard InChI is InChI=1S/C8H8BClF3O.K/c1-5-3-8(14-2)7(10)4-6(5)9(11,12)13;/h3-4H,1-2H3;/q-1;+1. The van der Waals surface area contributed by atoms with E-state index < -0.39 is 12.4 Å². The molecule has 0 aromatic heterocycles. The first kappa shape index (κ1) is 15.8. The second kappa shape index (κ2) is 5.93. The molecule has 15 heavy (non-hydrogen) atoms.